The van der Waals surface area contributed by atoms with Crippen molar-refractivity contribution in [3.05, 3.63) is 30.3 Å². The Bertz CT molecular complexity index is 506. The van der Waals surface area contributed by atoms with Gasteiger partial charge in [-0.05, 0) is 19.1 Å². The first-order valence-electron chi connectivity index (χ1n) is 6.67. The maximum Gasteiger partial charge on any atom is 0.337 e. The highest BCUT2D eigenvalue weighted by molar-refractivity contribution is 5.82. The van der Waals surface area contributed by atoms with Gasteiger partial charge in [0.05, 0.1) is 18.8 Å². The number of carbonyl (C=O) groups excluding carboxylic acids is 2. The van der Waals surface area contributed by atoms with Gasteiger partial charge in [0.15, 0.2) is 6.10 Å². The summed E-state index contributed by atoms with van der Waals surface area (Å²) in [4.78, 5) is 29.0. The van der Waals surface area contributed by atoms with Crippen molar-refractivity contribution in [2.45, 2.75) is 31.7 Å². The molecule has 21 heavy (non-hydrogen) atoms. The fourth-order valence-electron chi connectivity index (χ4n) is 2.05. The molecule has 7 heteroatoms. The van der Waals surface area contributed by atoms with Crippen LogP contribution in [0, 0.1) is 0 Å². The molecule has 1 fully saturated rings. The van der Waals surface area contributed by atoms with Crippen molar-refractivity contribution in [2.75, 3.05) is 12.2 Å². The Morgan fingerprint density at radius 3 is 2.67 bits per heavy atom. The first-order valence-corrected chi connectivity index (χ1v) is 6.67. The van der Waals surface area contributed by atoms with E-state index in [0.29, 0.717) is 6.42 Å². The van der Waals surface area contributed by atoms with Crippen LogP contribution in [0.1, 0.15) is 13.3 Å². The second kappa shape index (κ2) is 6.55. The summed E-state index contributed by atoms with van der Waals surface area (Å²) in [6.07, 6.45) is -0.941. The Kier molecular flexibility index (Phi) is 4.77. The molecule has 1 amide bonds. The molecule has 3 N–H and O–H groups in total. The second-order valence-corrected chi connectivity index (χ2v) is 4.83. The molecule has 114 valence electrons. The topological polar surface area (TPSA) is 93.9 Å². The molecule has 0 saturated carbocycles. The quantitative estimate of drug-likeness (QED) is 0.768. The van der Waals surface area contributed by atoms with Gasteiger partial charge in [0, 0.05) is 6.42 Å². The van der Waals surface area contributed by atoms with E-state index in [9.17, 15) is 9.59 Å². The third-order valence-electron chi connectivity index (χ3n) is 3.16. The number of nitrogens with one attached hydrogen (secondary N) is 1. The zero-order chi connectivity index (χ0) is 15.4. The molecule has 1 heterocycles. The molecule has 1 aliphatic heterocycles. The largest absolute Gasteiger partial charge is 0.467 e. The molecule has 0 spiro atoms. The zero-order valence-corrected chi connectivity index (χ0v) is 12.0. The lowest BCUT2D eigenvalue weighted by molar-refractivity contribution is -0.151. The van der Waals surface area contributed by atoms with Crippen LogP contribution < -0.4 is 16.1 Å². The first kappa shape index (κ1) is 15.3. The van der Waals surface area contributed by atoms with Gasteiger partial charge in [0.1, 0.15) is 6.17 Å². The van der Waals surface area contributed by atoms with E-state index in [1.54, 1.807) is 6.92 Å². The maximum atomic E-state index is 11.8. The number of rotatable bonds is 4. The number of hydrogen-bond acceptors (Lipinski definition) is 6. The molecule has 0 aliphatic carbocycles. The van der Waals surface area contributed by atoms with E-state index >= 15 is 0 Å². The lowest BCUT2D eigenvalue weighted by Gasteiger charge is -2.25. The van der Waals surface area contributed by atoms with E-state index in [4.69, 9.17) is 15.3 Å². The number of para-hydroxylation sites is 1. The Labute approximate surface area is 122 Å². The number of methoxy groups -OCH3 is 1. The first-order chi connectivity index (χ1) is 10.0. The molecule has 3 atom stereocenters. The number of esters is 1. The molecule has 0 unspecified atom stereocenters. The molecule has 1 aromatic carbocycles. The molecule has 7 nitrogen and oxygen atoms in total. The summed E-state index contributed by atoms with van der Waals surface area (Å²) >= 11 is 0. The molecular formula is C14H19N3O4. The average molecular weight is 293 g/mol. The number of hydrogen-bond donors (Lipinski definition) is 2. The number of ether oxygens (including phenoxy) is 1. The van der Waals surface area contributed by atoms with E-state index in [1.165, 1.54) is 12.2 Å². The molecule has 2 rings (SSSR count). The number of amides is 1. The standard InChI is InChI=1S/C14H19N3O4/c1-9(15)13(18)16-12-8-11(14(19)20-2)21-17(12)10-6-4-3-5-7-10/h3-7,9,11-12H,8,15H2,1-2H3,(H,16,18)/t9-,11+,12-/m0/s1. The summed E-state index contributed by atoms with van der Waals surface area (Å²) in [5.41, 5.74) is 6.29. The molecule has 0 aromatic heterocycles. The van der Waals surface area contributed by atoms with Gasteiger partial charge >= 0.3 is 5.97 Å². The van der Waals surface area contributed by atoms with E-state index < -0.39 is 24.3 Å². The van der Waals surface area contributed by atoms with Gasteiger partial charge < -0.3 is 15.8 Å². The van der Waals surface area contributed by atoms with Crippen LogP contribution in [0.2, 0.25) is 0 Å². The van der Waals surface area contributed by atoms with Gasteiger partial charge in [-0.15, -0.1) is 0 Å². The van der Waals surface area contributed by atoms with Crippen LogP contribution >= 0.6 is 0 Å². The molecular weight excluding hydrogens is 274 g/mol. The van der Waals surface area contributed by atoms with Crippen molar-refractivity contribution in [3.63, 3.8) is 0 Å². The highest BCUT2D eigenvalue weighted by Crippen LogP contribution is 2.27. The Morgan fingerprint density at radius 1 is 1.43 bits per heavy atom. The van der Waals surface area contributed by atoms with Gasteiger partial charge in [0.25, 0.3) is 0 Å². The van der Waals surface area contributed by atoms with Crippen LogP contribution in [0.3, 0.4) is 0 Å². The van der Waals surface area contributed by atoms with Crippen molar-refractivity contribution < 1.29 is 19.2 Å². The number of nitrogens with two attached hydrogens (primary N) is 1. The highest BCUT2D eigenvalue weighted by atomic mass is 16.7. The normalized spacial score (nSPS) is 22.7. The molecule has 1 saturated heterocycles. The summed E-state index contributed by atoms with van der Waals surface area (Å²) in [5, 5.41) is 4.27. The smallest absolute Gasteiger partial charge is 0.337 e. The van der Waals surface area contributed by atoms with E-state index in [-0.39, 0.29) is 5.91 Å². The van der Waals surface area contributed by atoms with E-state index in [1.807, 2.05) is 30.3 Å². The van der Waals surface area contributed by atoms with Crippen LogP contribution in [0.15, 0.2) is 30.3 Å². The lowest BCUT2D eigenvalue weighted by Crippen LogP contribution is -2.49. The number of hydroxylamine groups is 1. The third-order valence-corrected chi connectivity index (χ3v) is 3.16. The van der Waals surface area contributed by atoms with Crippen molar-refractivity contribution in [3.8, 4) is 0 Å². The summed E-state index contributed by atoms with van der Waals surface area (Å²) in [5.74, 6) is -0.788. The lowest BCUT2D eigenvalue weighted by atomic mass is 10.2. The average Bonchev–Trinajstić information content (AvgIpc) is 2.91. The minimum Gasteiger partial charge on any atom is -0.467 e. The van der Waals surface area contributed by atoms with Gasteiger partial charge in [-0.3, -0.25) is 9.63 Å². The fourth-order valence-corrected chi connectivity index (χ4v) is 2.05. The number of benzene rings is 1. The van der Waals surface area contributed by atoms with Crippen LogP contribution in [-0.4, -0.2) is 37.3 Å². The van der Waals surface area contributed by atoms with Crippen molar-refractivity contribution in [2.24, 2.45) is 5.73 Å². The minimum absolute atomic E-state index is 0.292. The maximum absolute atomic E-state index is 11.8. The zero-order valence-electron chi connectivity index (χ0n) is 12.0. The van der Waals surface area contributed by atoms with E-state index in [0.717, 1.165) is 5.69 Å². The van der Waals surface area contributed by atoms with E-state index in [2.05, 4.69) is 5.32 Å². The Morgan fingerprint density at radius 2 is 2.10 bits per heavy atom. The number of carbonyl (C=O) groups is 2. The van der Waals surface area contributed by atoms with Gasteiger partial charge in [-0.2, -0.15) is 0 Å². The highest BCUT2D eigenvalue weighted by Gasteiger charge is 2.39. The molecule has 1 aliphatic rings. The van der Waals surface area contributed by atoms with Gasteiger partial charge in [-0.1, -0.05) is 18.2 Å². The van der Waals surface area contributed by atoms with Crippen molar-refractivity contribution in [1.82, 2.24) is 5.32 Å². The summed E-state index contributed by atoms with van der Waals surface area (Å²) in [6.45, 7) is 1.59. The number of nitrogens with zero attached hydrogens (tertiary/aromatic N) is 1. The Hall–Kier alpha value is -2.12. The van der Waals surface area contributed by atoms with Crippen LogP contribution in [-0.2, 0) is 19.2 Å². The minimum atomic E-state index is -0.756. The third kappa shape index (κ3) is 3.50. The van der Waals surface area contributed by atoms with Crippen LogP contribution in [0.5, 0.6) is 0 Å². The summed E-state index contributed by atoms with van der Waals surface area (Å²) in [7, 11) is 1.30. The predicted molar refractivity (Wildman–Crippen MR) is 76.0 cm³/mol. The van der Waals surface area contributed by atoms with Gasteiger partial charge in [-0.25, -0.2) is 9.86 Å². The Balaban J connectivity index is 2.18. The second-order valence-electron chi connectivity index (χ2n) is 4.83. The van der Waals surface area contributed by atoms with Crippen molar-refractivity contribution >= 4 is 17.6 Å². The summed E-state index contributed by atoms with van der Waals surface area (Å²) < 4.78 is 4.69. The number of anilines is 1. The van der Waals surface area contributed by atoms with Crippen molar-refractivity contribution in [1.29, 1.82) is 0 Å². The molecule has 1 aromatic rings. The molecule has 0 bridgehead atoms. The molecule has 0 radical (unpaired) electrons. The monoisotopic (exact) mass is 293 g/mol. The summed E-state index contributed by atoms with van der Waals surface area (Å²) in [6, 6.07) is 8.56. The van der Waals surface area contributed by atoms with Crippen LogP contribution in [0.4, 0.5) is 5.69 Å². The van der Waals surface area contributed by atoms with Crippen LogP contribution in [0.25, 0.3) is 0 Å². The fraction of sp³-hybridized carbons (Fsp3) is 0.429. The predicted octanol–water partition coefficient (Wildman–Crippen LogP) is 0.159. The SMILES string of the molecule is COC(=O)[C@H]1C[C@@H](NC(=O)[C@H](C)N)N(c2ccccc2)O1. The van der Waals surface area contributed by atoms with Gasteiger partial charge in [0.2, 0.25) is 5.91 Å².